The average molecular weight is 372 g/mol. The van der Waals surface area contributed by atoms with Gasteiger partial charge in [-0.3, -0.25) is 4.79 Å². The van der Waals surface area contributed by atoms with Gasteiger partial charge in [-0.25, -0.2) is 17.2 Å². The standard InChI is InChI=1S/C9H4Cl2F5NO3S/c10-5-3(8(18)17-2-9(14,15)16)1-4(12)6(13)7(5)21(11,19)20/h1H,2H2,(H,17,18). The van der Waals surface area contributed by atoms with E-state index in [0.29, 0.717) is 0 Å². The highest BCUT2D eigenvalue weighted by atomic mass is 35.7. The largest absolute Gasteiger partial charge is 0.405 e. The van der Waals surface area contributed by atoms with Crippen LogP contribution in [0.15, 0.2) is 11.0 Å². The zero-order chi connectivity index (χ0) is 16.6. The number of nitrogens with one attached hydrogen (secondary N) is 1. The van der Waals surface area contributed by atoms with Gasteiger partial charge in [0.15, 0.2) is 11.6 Å². The van der Waals surface area contributed by atoms with Crippen LogP contribution in [-0.4, -0.2) is 27.0 Å². The van der Waals surface area contributed by atoms with Crippen molar-refractivity contribution in [1.82, 2.24) is 5.32 Å². The fraction of sp³-hybridized carbons (Fsp3) is 0.222. The van der Waals surface area contributed by atoms with Gasteiger partial charge in [-0.1, -0.05) is 11.6 Å². The fourth-order valence-corrected chi connectivity index (χ4v) is 2.95. The number of rotatable bonds is 3. The van der Waals surface area contributed by atoms with Gasteiger partial charge in [0.05, 0.1) is 10.6 Å². The van der Waals surface area contributed by atoms with E-state index < -0.39 is 54.8 Å². The van der Waals surface area contributed by atoms with Crippen molar-refractivity contribution in [3.8, 4) is 0 Å². The number of hydrogen-bond acceptors (Lipinski definition) is 3. The Labute approximate surface area is 124 Å². The van der Waals surface area contributed by atoms with Crippen LogP contribution in [0.5, 0.6) is 0 Å². The third-order valence-electron chi connectivity index (χ3n) is 2.05. The number of hydrogen-bond donors (Lipinski definition) is 1. The molecule has 1 aromatic rings. The van der Waals surface area contributed by atoms with Gasteiger partial charge in [0.25, 0.3) is 15.0 Å². The first kappa shape index (κ1) is 17.9. The lowest BCUT2D eigenvalue weighted by Gasteiger charge is -2.11. The molecule has 1 N–H and O–H groups in total. The van der Waals surface area contributed by atoms with Gasteiger partial charge in [-0.15, -0.1) is 0 Å². The number of carbonyl (C=O) groups excluding carboxylic acids is 1. The van der Waals surface area contributed by atoms with Crippen molar-refractivity contribution in [1.29, 1.82) is 0 Å². The van der Waals surface area contributed by atoms with Gasteiger partial charge >= 0.3 is 6.18 Å². The molecule has 1 amide bonds. The molecule has 4 nitrogen and oxygen atoms in total. The van der Waals surface area contributed by atoms with Crippen LogP contribution in [0.3, 0.4) is 0 Å². The highest BCUT2D eigenvalue weighted by Crippen LogP contribution is 2.32. The van der Waals surface area contributed by atoms with E-state index in [-0.39, 0.29) is 6.07 Å². The van der Waals surface area contributed by atoms with E-state index >= 15 is 0 Å². The van der Waals surface area contributed by atoms with Crippen molar-refractivity contribution < 1.29 is 35.2 Å². The number of carbonyl (C=O) groups is 1. The van der Waals surface area contributed by atoms with Crippen LogP contribution in [0.2, 0.25) is 5.02 Å². The molecule has 0 bridgehead atoms. The second-order valence-corrected chi connectivity index (χ2v) is 6.48. The second kappa shape index (κ2) is 5.93. The van der Waals surface area contributed by atoms with Crippen LogP contribution in [0.4, 0.5) is 22.0 Å². The topological polar surface area (TPSA) is 63.2 Å². The molecule has 0 saturated carbocycles. The molecule has 118 valence electrons. The van der Waals surface area contributed by atoms with Crippen molar-refractivity contribution in [2.24, 2.45) is 0 Å². The van der Waals surface area contributed by atoms with Gasteiger partial charge in [-0.2, -0.15) is 13.2 Å². The van der Waals surface area contributed by atoms with Crippen molar-refractivity contribution in [3.63, 3.8) is 0 Å². The van der Waals surface area contributed by atoms with E-state index in [2.05, 4.69) is 0 Å². The fourth-order valence-electron chi connectivity index (χ4n) is 1.24. The quantitative estimate of drug-likeness (QED) is 0.504. The van der Waals surface area contributed by atoms with E-state index in [9.17, 15) is 35.2 Å². The summed E-state index contributed by atoms with van der Waals surface area (Å²) in [6, 6.07) is 0.162. The molecule has 1 aromatic carbocycles. The Hall–Kier alpha value is -1.13. The Balaban J connectivity index is 3.33. The lowest BCUT2D eigenvalue weighted by atomic mass is 10.2. The summed E-state index contributed by atoms with van der Waals surface area (Å²) in [6.07, 6.45) is -4.76. The van der Waals surface area contributed by atoms with E-state index in [1.807, 2.05) is 0 Å². The average Bonchev–Trinajstić information content (AvgIpc) is 2.28. The van der Waals surface area contributed by atoms with Crippen molar-refractivity contribution in [2.75, 3.05) is 6.54 Å². The van der Waals surface area contributed by atoms with Gasteiger partial charge in [-0.05, 0) is 6.07 Å². The lowest BCUT2D eigenvalue weighted by Crippen LogP contribution is -2.34. The first-order valence-electron chi connectivity index (χ1n) is 4.81. The number of halogens is 7. The third kappa shape index (κ3) is 4.42. The second-order valence-electron chi connectivity index (χ2n) is 3.60. The summed E-state index contributed by atoms with van der Waals surface area (Å²) in [6.45, 7) is -1.77. The summed E-state index contributed by atoms with van der Waals surface area (Å²) in [5.74, 6) is -5.30. The third-order valence-corrected chi connectivity index (χ3v) is 3.89. The van der Waals surface area contributed by atoms with Gasteiger partial charge in [0.2, 0.25) is 0 Å². The SMILES string of the molecule is O=C(NCC(F)(F)F)c1cc(F)c(F)c(S(=O)(=O)Cl)c1Cl. The molecule has 0 aromatic heterocycles. The molecule has 0 saturated heterocycles. The predicted octanol–water partition coefficient (Wildman–Crippen LogP) is 2.84. The Morgan fingerprint density at radius 2 is 1.81 bits per heavy atom. The molecule has 0 atom stereocenters. The van der Waals surface area contributed by atoms with Crippen LogP contribution in [0.25, 0.3) is 0 Å². The molecule has 1 rings (SSSR count). The maximum absolute atomic E-state index is 13.3. The van der Waals surface area contributed by atoms with E-state index in [4.69, 9.17) is 22.3 Å². The molecule has 12 heteroatoms. The summed E-state index contributed by atoms with van der Waals surface area (Å²) in [5, 5.41) is 0.208. The highest BCUT2D eigenvalue weighted by Gasteiger charge is 2.31. The Morgan fingerprint density at radius 1 is 1.29 bits per heavy atom. The maximum Gasteiger partial charge on any atom is 0.405 e. The molecular formula is C9H4Cl2F5NO3S. The minimum atomic E-state index is -4.86. The van der Waals surface area contributed by atoms with Crippen LogP contribution >= 0.6 is 22.3 Å². The first-order valence-corrected chi connectivity index (χ1v) is 7.50. The summed E-state index contributed by atoms with van der Waals surface area (Å²) < 4.78 is 84.6. The Morgan fingerprint density at radius 3 is 2.24 bits per heavy atom. The zero-order valence-corrected chi connectivity index (χ0v) is 11.9. The summed E-state index contributed by atoms with van der Waals surface area (Å²) >= 11 is 5.40. The van der Waals surface area contributed by atoms with Crippen molar-refractivity contribution in [3.05, 3.63) is 28.3 Å². The zero-order valence-electron chi connectivity index (χ0n) is 9.56. The first-order chi connectivity index (χ1) is 9.34. The van der Waals surface area contributed by atoms with E-state index in [0.717, 1.165) is 0 Å². The molecule has 0 fully saturated rings. The maximum atomic E-state index is 13.3. The van der Waals surface area contributed by atoms with E-state index in [1.165, 1.54) is 5.32 Å². The number of alkyl halides is 3. The number of amides is 1. The Bertz CT molecular complexity index is 690. The smallest absolute Gasteiger partial charge is 0.343 e. The highest BCUT2D eigenvalue weighted by molar-refractivity contribution is 8.13. The summed E-state index contributed by atoms with van der Waals surface area (Å²) in [4.78, 5) is 9.91. The molecule has 21 heavy (non-hydrogen) atoms. The van der Waals surface area contributed by atoms with Gasteiger partial charge in [0, 0.05) is 10.7 Å². The van der Waals surface area contributed by atoms with Gasteiger partial charge in [0.1, 0.15) is 11.4 Å². The minimum absolute atomic E-state index is 0.162. The predicted molar refractivity (Wildman–Crippen MR) is 62.8 cm³/mol. The lowest BCUT2D eigenvalue weighted by molar-refractivity contribution is -0.123. The van der Waals surface area contributed by atoms with Crippen LogP contribution in [0, 0.1) is 11.6 Å². The van der Waals surface area contributed by atoms with Crippen LogP contribution in [0.1, 0.15) is 10.4 Å². The molecule has 0 heterocycles. The molecule has 0 unspecified atom stereocenters. The normalized spacial score (nSPS) is 12.3. The van der Waals surface area contributed by atoms with Crippen molar-refractivity contribution >= 4 is 37.2 Å². The summed E-state index contributed by atoms with van der Waals surface area (Å²) in [5.41, 5.74) is -1.00. The molecule has 0 spiro atoms. The monoisotopic (exact) mass is 371 g/mol. The minimum Gasteiger partial charge on any atom is -0.343 e. The molecule has 0 aliphatic heterocycles. The van der Waals surface area contributed by atoms with Gasteiger partial charge < -0.3 is 5.32 Å². The van der Waals surface area contributed by atoms with Crippen LogP contribution in [-0.2, 0) is 9.05 Å². The van der Waals surface area contributed by atoms with Crippen LogP contribution < -0.4 is 5.32 Å². The van der Waals surface area contributed by atoms with E-state index in [1.54, 1.807) is 0 Å². The summed E-state index contributed by atoms with van der Waals surface area (Å²) in [7, 11) is -0.0262. The molecule has 0 aliphatic rings. The molecular weight excluding hydrogens is 368 g/mol. The Kier molecular flexibility index (Phi) is 5.06. The molecule has 0 aliphatic carbocycles. The van der Waals surface area contributed by atoms with Crippen molar-refractivity contribution in [2.45, 2.75) is 11.1 Å². The number of benzene rings is 1. The molecule has 0 radical (unpaired) electrons.